The summed E-state index contributed by atoms with van der Waals surface area (Å²) in [6.07, 6.45) is 0. The third-order valence-corrected chi connectivity index (χ3v) is 4.89. The lowest BCUT2D eigenvalue weighted by atomic mass is 9.88. The number of fused-ring (bicyclic) bond motifs is 2. The smallest absolute Gasteiger partial charge is 0.318 e. The van der Waals surface area contributed by atoms with E-state index in [-0.39, 0.29) is 12.3 Å². The molecule has 0 saturated heterocycles. The third-order valence-electron chi connectivity index (χ3n) is 4.53. The van der Waals surface area contributed by atoms with Crippen LogP contribution < -0.4 is 4.74 Å². The molecule has 0 atom stereocenters. The fourth-order valence-corrected chi connectivity index (χ4v) is 3.35. The number of nitro benzene ring substituents is 1. The minimum absolute atomic E-state index is 0.114. The van der Waals surface area contributed by atoms with Gasteiger partial charge in [0.25, 0.3) is 5.69 Å². The molecule has 1 heterocycles. The Bertz CT molecular complexity index is 1040. The van der Waals surface area contributed by atoms with E-state index in [1.54, 1.807) is 12.1 Å². The van der Waals surface area contributed by atoms with Gasteiger partial charge in [0, 0.05) is 33.8 Å². The second-order valence-corrected chi connectivity index (χ2v) is 6.66. The number of carbonyl (C=O) groups is 1. The number of esters is 1. The number of hydrogen-bond donors (Lipinski definition) is 0. The summed E-state index contributed by atoms with van der Waals surface area (Å²) in [5.41, 5.74) is 1.67. The standard InChI is InChI=1S/C21H14ClNO5/c22-17-10-9-14(23(25)26)11-13(17)12-27-21(24)20-15-5-1-3-7-18(15)28-19-8-4-2-6-16(19)20/h1-11,20H,12H2. The zero-order chi connectivity index (χ0) is 19.7. The van der Waals surface area contributed by atoms with Crippen molar-refractivity contribution < 1.29 is 19.2 Å². The van der Waals surface area contributed by atoms with Crippen molar-refractivity contribution in [1.29, 1.82) is 0 Å². The molecule has 0 radical (unpaired) electrons. The lowest BCUT2D eigenvalue weighted by Crippen LogP contribution is -2.21. The van der Waals surface area contributed by atoms with Crippen molar-refractivity contribution in [3.05, 3.63) is 98.6 Å². The van der Waals surface area contributed by atoms with Crippen molar-refractivity contribution in [2.45, 2.75) is 12.5 Å². The van der Waals surface area contributed by atoms with Crippen LogP contribution in [0, 0.1) is 10.1 Å². The highest BCUT2D eigenvalue weighted by Crippen LogP contribution is 2.44. The van der Waals surface area contributed by atoms with Crippen LogP contribution in [0.1, 0.15) is 22.6 Å². The Morgan fingerprint density at radius 3 is 2.25 bits per heavy atom. The van der Waals surface area contributed by atoms with E-state index in [4.69, 9.17) is 21.1 Å². The minimum atomic E-state index is -0.654. The number of nitro groups is 1. The third kappa shape index (κ3) is 3.30. The maximum atomic E-state index is 13.0. The molecule has 0 amide bonds. The Balaban J connectivity index is 1.63. The van der Waals surface area contributed by atoms with Gasteiger partial charge in [-0.1, -0.05) is 48.0 Å². The van der Waals surface area contributed by atoms with Crippen molar-refractivity contribution in [3.63, 3.8) is 0 Å². The Labute approximate surface area is 165 Å². The predicted molar refractivity (Wildman–Crippen MR) is 103 cm³/mol. The van der Waals surface area contributed by atoms with Crippen molar-refractivity contribution in [1.82, 2.24) is 0 Å². The predicted octanol–water partition coefficient (Wildman–Crippen LogP) is 5.23. The van der Waals surface area contributed by atoms with Crippen LogP contribution in [0.3, 0.4) is 0 Å². The second-order valence-electron chi connectivity index (χ2n) is 6.25. The maximum Gasteiger partial charge on any atom is 0.318 e. The van der Waals surface area contributed by atoms with E-state index in [1.807, 2.05) is 36.4 Å². The van der Waals surface area contributed by atoms with Crippen LogP contribution in [0.25, 0.3) is 0 Å². The van der Waals surface area contributed by atoms with E-state index >= 15 is 0 Å². The quantitative estimate of drug-likeness (QED) is 0.343. The largest absolute Gasteiger partial charge is 0.460 e. The molecule has 1 aliphatic rings. The number of carbonyl (C=O) groups excluding carboxylic acids is 1. The van der Waals surface area contributed by atoms with E-state index in [9.17, 15) is 14.9 Å². The van der Waals surface area contributed by atoms with Gasteiger partial charge in [-0.15, -0.1) is 0 Å². The number of hydrogen-bond acceptors (Lipinski definition) is 5. The van der Waals surface area contributed by atoms with Crippen molar-refractivity contribution in [2.75, 3.05) is 0 Å². The molecule has 0 N–H and O–H groups in total. The monoisotopic (exact) mass is 395 g/mol. The number of rotatable bonds is 4. The van der Waals surface area contributed by atoms with E-state index in [1.165, 1.54) is 18.2 Å². The maximum absolute atomic E-state index is 13.0. The van der Waals surface area contributed by atoms with Crippen LogP contribution in [0.4, 0.5) is 5.69 Å². The average Bonchev–Trinajstić information content (AvgIpc) is 2.70. The topological polar surface area (TPSA) is 78.7 Å². The van der Waals surface area contributed by atoms with Gasteiger partial charge in [0.05, 0.1) is 4.92 Å². The van der Waals surface area contributed by atoms with Gasteiger partial charge >= 0.3 is 5.97 Å². The Morgan fingerprint density at radius 1 is 1.04 bits per heavy atom. The lowest BCUT2D eigenvalue weighted by Gasteiger charge is -2.26. The summed E-state index contributed by atoms with van der Waals surface area (Å²) < 4.78 is 11.4. The van der Waals surface area contributed by atoms with Gasteiger partial charge in [-0.05, 0) is 18.2 Å². The van der Waals surface area contributed by atoms with Gasteiger partial charge in [0.2, 0.25) is 0 Å². The van der Waals surface area contributed by atoms with Crippen molar-refractivity contribution in [3.8, 4) is 11.5 Å². The van der Waals surface area contributed by atoms with Crippen LogP contribution >= 0.6 is 11.6 Å². The van der Waals surface area contributed by atoms with Crippen LogP contribution in [0.15, 0.2) is 66.7 Å². The van der Waals surface area contributed by atoms with Crippen LogP contribution in [-0.2, 0) is 16.1 Å². The molecule has 0 aliphatic carbocycles. The summed E-state index contributed by atoms with van der Waals surface area (Å²) in [6, 6.07) is 18.6. The zero-order valence-corrected chi connectivity index (χ0v) is 15.3. The number of halogens is 1. The summed E-state index contributed by atoms with van der Waals surface area (Å²) in [6.45, 7) is -0.166. The van der Waals surface area contributed by atoms with Gasteiger partial charge in [-0.2, -0.15) is 0 Å². The lowest BCUT2D eigenvalue weighted by molar-refractivity contribution is -0.384. The molecule has 6 nitrogen and oxygen atoms in total. The summed E-state index contributed by atoms with van der Waals surface area (Å²) in [5, 5.41) is 11.3. The van der Waals surface area contributed by atoms with E-state index in [2.05, 4.69) is 0 Å². The second kappa shape index (κ2) is 7.32. The Hall–Kier alpha value is -3.38. The van der Waals surface area contributed by atoms with Gasteiger partial charge in [-0.3, -0.25) is 14.9 Å². The first-order valence-electron chi connectivity index (χ1n) is 8.50. The molecule has 0 saturated carbocycles. The van der Waals surface area contributed by atoms with E-state index in [0.717, 1.165) is 0 Å². The molecule has 1 aliphatic heterocycles. The van der Waals surface area contributed by atoms with E-state index < -0.39 is 16.8 Å². The summed E-state index contributed by atoms with van der Waals surface area (Å²) >= 11 is 6.10. The van der Waals surface area contributed by atoms with Crippen LogP contribution in [-0.4, -0.2) is 10.9 Å². The van der Waals surface area contributed by atoms with Crippen LogP contribution in [0.2, 0.25) is 5.02 Å². The molecular weight excluding hydrogens is 382 g/mol. The molecule has 0 bridgehead atoms. The first kappa shape index (κ1) is 18.0. The number of ether oxygens (including phenoxy) is 2. The number of benzene rings is 3. The molecule has 3 aromatic rings. The molecule has 0 fully saturated rings. The molecule has 140 valence electrons. The highest BCUT2D eigenvalue weighted by molar-refractivity contribution is 6.31. The summed E-state index contributed by atoms with van der Waals surface area (Å²) in [5.74, 6) is 0.0532. The molecule has 0 unspecified atom stereocenters. The molecule has 0 aromatic heterocycles. The van der Waals surface area contributed by atoms with Gasteiger partial charge in [0.15, 0.2) is 0 Å². The summed E-state index contributed by atoms with van der Waals surface area (Å²) in [7, 11) is 0. The van der Waals surface area contributed by atoms with Crippen LogP contribution in [0.5, 0.6) is 11.5 Å². The average molecular weight is 396 g/mol. The zero-order valence-electron chi connectivity index (χ0n) is 14.5. The molecule has 3 aromatic carbocycles. The van der Waals surface area contributed by atoms with Gasteiger partial charge in [-0.25, -0.2) is 0 Å². The number of nitrogens with zero attached hydrogens (tertiary/aromatic N) is 1. The van der Waals surface area contributed by atoms with Gasteiger partial charge in [0.1, 0.15) is 24.0 Å². The molecular formula is C21H14ClNO5. The molecule has 0 spiro atoms. The fourth-order valence-electron chi connectivity index (χ4n) is 3.18. The number of non-ortho nitro benzene ring substituents is 1. The number of para-hydroxylation sites is 2. The first-order valence-corrected chi connectivity index (χ1v) is 8.87. The first-order chi connectivity index (χ1) is 13.5. The Kier molecular flexibility index (Phi) is 4.71. The highest BCUT2D eigenvalue weighted by atomic mass is 35.5. The SMILES string of the molecule is O=C(OCc1cc([N+](=O)[O-])ccc1Cl)C1c2ccccc2Oc2ccccc21. The minimum Gasteiger partial charge on any atom is -0.460 e. The molecule has 4 rings (SSSR count). The normalized spacial score (nSPS) is 12.5. The fraction of sp³-hybridized carbons (Fsp3) is 0.0952. The highest BCUT2D eigenvalue weighted by Gasteiger charge is 2.33. The van der Waals surface area contributed by atoms with Gasteiger partial charge < -0.3 is 9.47 Å². The molecule has 7 heteroatoms. The van der Waals surface area contributed by atoms with E-state index in [0.29, 0.717) is 33.2 Å². The Morgan fingerprint density at radius 2 is 1.64 bits per heavy atom. The van der Waals surface area contributed by atoms with Crippen molar-refractivity contribution in [2.24, 2.45) is 0 Å². The summed E-state index contributed by atoms with van der Waals surface area (Å²) in [4.78, 5) is 23.4. The van der Waals surface area contributed by atoms with Crippen molar-refractivity contribution >= 4 is 23.3 Å². The molecule has 28 heavy (non-hydrogen) atoms.